The molecule has 1 aliphatic carbocycles. The van der Waals surface area contributed by atoms with E-state index < -0.39 is 0 Å². The lowest BCUT2D eigenvalue weighted by Gasteiger charge is -2.09. The van der Waals surface area contributed by atoms with Crippen LogP contribution in [0.4, 0.5) is 5.69 Å². The summed E-state index contributed by atoms with van der Waals surface area (Å²) in [5.41, 5.74) is 6.81. The van der Waals surface area contributed by atoms with Crippen molar-refractivity contribution < 1.29 is 14.0 Å². The Morgan fingerprint density at radius 1 is 1.38 bits per heavy atom. The van der Waals surface area contributed by atoms with Crippen LogP contribution in [0.2, 0.25) is 5.02 Å². The molecule has 0 aliphatic heterocycles. The third kappa shape index (κ3) is 2.69. The van der Waals surface area contributed by atoms with Crippen LogP contribution < -0.4 is 10.5 Å². The Balaban J connectivity index is 1.97. The summed E-state index contributed by atoms with van der Waals surface area (Å²) >= 11 is 6.05. The van der Waals surface area contributed by atoms with E-state index in [1.807, 2.05) is 0 Å². The summed E-state index contributed by atoms with van der Waals surface area (Å²) in [4.78, 5) is 4.41. The number of anilines is 1. The van der Waals surface area contributed by atoms with Crippen LogP contribution in [0.25, 0.3) is 11.5 Å². The summed E-state index contributed by atoms with van der Waals surface area (Å²) in [6.07, 6.45) is 2.12. The Bertz CT molecular complexity index is 655. The van der Waals surface area contributed by atoms with Crippen molar-refractivity contribution in [2.45, 2.75) is 18.9 Å². The van der Waals surface area contributed by atoms with Crippen LogP contribution in [0, 0.1) is 5.92 Å². The first-order valence-electron chi connectivity index (χ1n) is 6.63. The molecular formula is C14H16ClN3O3. The van der Waals surface area contributed by atoms with Gasteiger partial charge in [0.15, 0.2) is 0 Å². The normalized spacial score (nSPS) is 16.0. The van der Waals surface area contributed by atoms with Gasteiger partial charge in [-0.25, -0.2) is 0 Å². The molecule has 0 spiro atoms. The molecule has 1 fully saturated rings. The lowest BCUT2D eigenvalue weighted by atomic mass is 10.1. The highest BCUT2D eigenvalue weighted by Gasteiger charge is 2.35. The molecule has 1 atom stereocenters. The summed E-state index contributed by atoms with van der Waals surface area (Å²) in [6.45, 7) is 0. The van der Waals surface area contributed by atoms with Crippen LogP contribution in [-0.2, 0) is 4.74 Å². The van der Waals surface area contributed by atoms with E-state index in [4.69, 9.17) is 31.3 Å². The molecule has 6 nitrogen and oxygen atoms in total. The van der Waals surface area contributed by atoms with E-state index in [9.17, 15) is 0 Å². The largest absolute Gasteiger partial charge is 0.496 e. The van der Waals surface area contributed by atoms with Gasteiger partial charge in [0.25, 0.3) is 5.89 Å². The molecule has 3 rings (SSSR count). The zero-order chi connectivity index (χ0) is 15.0. The molecule has 1 heterocycles. The lowest BCUT2D eigenvalue weighted by Crippen LogP contribution is -2.05. The van der Waals surface area contributed by atoms with Crippen LogP contribution in [0.5, 0.6) is 5.75 Å². The number of ether oxygens (including phenoxy) is 2. The highest BCUT2D eigenvalue weighted by molar-refractivity contribution is 6.33. The number of benzene rings is 1. The molecule has 1 aromatic heterocycles. The maximum absolute atomic E-state index is 6.05. The smallest absolute Gasteiger partial charge is 0.261 e. The van der Waals surface area contributed by atoms with Gasteiger partial charge in [-0.2, -0.15) is 4.98 Å². The summed E-state index contributed by atoms with van der Waals surface area (Å²) in [7, 11) is 3.20. The molecule has 2 N–H and O–H groups in total. The standard InChI is InChI=1S/C14H16ClN3O3/c1-19-11-6-10(16)9(15)5-8(11)14-17-13(18-21-14)12(20-2)7-3-4-7/h5-7,12H,3-4,16H2,1-2H3. The van der Waals surface area contributed by atoms with Crippen LogP contribution >= 0.6 is 11.6 Å². The molecule has 2 aromatic rings. The number of hydrogen-bond acceptors (Lipinski definition) is 6. The maximum atomic E-state index is 6.05. The third-order valence-corrected chi connectivity index (χ3v) is 3.88. The van der Waals surface area contributed by atoms with Crippen molar-refractivity contribution in [3.63, 3.8) is 0 Å². The topological polar surface area (TPSA) is 83.4 Å². The number of rotatable bonds is 5. The van der Waals surface area contributed by atoms with Crippen molar-refractivity contribution >= 4 is 17.3 Å². The number of nitrogens with zero attached hydrogens (tertiary/aromatic N) is 2. The van der Waals surface area contributed by atoms with E-state index in [1.165, 1.54) is 0 Å². The minimum Gasteiger partial charge on any atom is -0.496 e. The van der Waals surface area contributed by atoms with Gasteiger partial charge >= 0.3 is 0 Å². The van der Waals surface area contributed by atoms with Gasteiger partial charge in [-0.05, 0) is 24.8 Å². The van der Waals surface area contributed by atoms with Gasteiger partial charge in [0.1, 0.15) is 11.9 Å². The molecule has 0 bridgehead atoms. The molecule has 0 amide bonds. The maximum Gasteiger partial charge on any atom is 0.261 e. The summed E-state index contributed by atoms with van der Waals surface area (Å²) < 4.78 is 16.1. The number of halogens is 1. The average Bonchev–Trinajstić information content (AvgIpc) is 3.19. The van der Waals surface area contributed by atoms with Gasteiger partial charge in [-0.3, -0.25) is 0 Å². The SMILES string of the molecule is COc1cc(N)c(Cl)cc1-c1nc(C(OC)C2CC2)no1. The van der Waals surface area contributed by atoms with Crippen molar-refractivity contribution in [3.05, 3.63) is 23.0 Å². The van der Waals surface area contributed by atoms with Crippen LogP contribution in [-0.4, -0.2) is 24.4 Å². The highest BCUT2D eigenvalue weighted by atomic mass is 35.5. The van der Waals surface area contributed by atoms with E-state index in [0.29, 0.717) is 39.7 Å². The first kappa shape index (κ1) is 14.2. The number of nitrogens with two attached hydrogens (primary N) is 1. The fraction of sp³-hybridized carbons (Fsp3) is 0.429. The second-order valence-corrected chi connectivity index (χ2v) is 5.43. The third-order valence-electron chi connectivity index (χ3n) is 3.55. The molecule has 1 saturated carbocycles. The molecule has 0 saturated heterocycles. The summed E-state index contributed by atoms with van der Waals surface area (Å²) in [5, 5.41) is 4.42. The van der Waals surface area contributed by atoms with Gasteiger partial charge in [0.05, 0.1) is 23.4 Å². The van der Waals surface area contributed by atoms with E-state index in [1.54, 1.807) is 26.4 Å². The monoisotopic (exact) mass is 309 g/mol. The predicted octanol–water partition coefficient (Wildman–Crippen LogP) is 3.08. The van der Waals surface area contributed by atoms with E-state index >= 15 is 0 Å². The van der Waals surface area contributed by atoms with E-state index in [2.05, 4.69) is 10.1 Å². The Morgan fingerprint density at radius 3 is 2.76 bits per heavy atom. The van der Waals surface area contributed by atoms with Crippen LogP contribution in [0.3, 0.4) is 0 Å². The van der Waals surface area contributed by atoms with E-state index in [-0.39, 0.29) is 6.10 Å². The van der Waals surface area contributed by atoms with Gasteiger partial charge in [0, 0.05) is 13.2 Å². The van der Waals surface area contributed by atoms with E-state index in [0.717, 1.165) is 12.8 Å². The number of hydrogen-bond donors (Lipinski definition) is 1. The first-order valence-corrected chi connectivity index (χ1v) is 7.01. The van der Waals surface area contributed by atoms with Crippen molar-refractivity contribution in [1.82, 2.24) is 10.1 Å². The summed E-state index contributed by atoms with van der Waals surface area (Å²) in [5.74, 6) is 1.89. The first-order chi connectivity index (χ1) is 10.1. The molecule has 112 valence electrons. The molecule has 7 heteroatoms. The molecular weight excluding hydrogens is 294 g/mol. The molecule has 0 radical (unpaired) electrons. The Morgan fingerprint density at radius 2 is 2.14 bits per heavy atom. The lowest BCUT2D eigenvalue weighted by molar-refractivity contribution is 0.0751. The van der Waals surface area contributed by atoms with Gasteiger partial charge < -0.3 is 19.7 Å². The van der Waals surface area contributed by atoms with Crippen molar-refractivity contribution in [2.24, 2.45) is 5.92 Å². The second kappa shape index (κ2) is 5.54. The van der Waals surface area contributed by atoms with Crippen LogP contribution in [0.15, 0.2) is 16.7 Å². The van der Waals surface area contributed by atoms with Gasteiger partial charge in [-0.1, -0.05) is 16.8 Å². The number of aromatic nitrogens is 2. The van der Waals surface area contributed by atoms with Crippen molar-refractivity contribution in [3.8, 4) is 17.2 Å². The zero-order valence-electron chi connectivity index (χ0n) is 11.8. The Labute approximate surface area is 127 Å². The number of nitrogen functional groups attached to an aromatic ring is 1. The highest BCUT2D eigenvalue weighted by Crippen LogP contribution is 2.43. The minimum atomic E-state index is -0.127. The molecule has 1 aliphatic rings. The predicted molar refractivity (Wildman–Crippen MR) is 78.2 cm³/mol. The zero-order valence-corrected chi connectivity index (χ0v) is 12.6. The Kier molecular flexibility index (Phi) is 3.73. The molecule has 21 heavy (non-hydrogen) atoms. The fourth-order valence-electron chi connectivity index (χ4n) is 2.27. The summed E-state index contributed by atoms with van der Waals surface area (Å²) in [6, 6.07) is 3.29. The fourth-order valence-corrected chi connectivity index (χ4v) is 2.44. The second-order valence-electron chi connectivity index (χ2n) is 5.03. The van der Waals surface area contributed by atoms with Gasteiger partial charge in [0.2, 0.25) is 5.82 Å². The molecule has 1 unspecified atom stereocenters. The average molecular weight is 310 g/mol. The van der Waals surface area contributed by atoms with Crippen LogP contribution in [0.1, 0.15) is 24.8 Å². The number of methoxy groups -OCH3 is 2. The Hall–Kier alpha value is -1.79. The van der Waals surface area contributed by atoms with Crippen molar-refractivity contribution in [2.75, 3.05) is 20.0 Å². The van der Waals surface area contributed by atoms with Crippen molar-refractivity contribution in [1.29, 1.82) is 0 Å². The minimum absolute atomic E-state index is 0.127. The van der Waals surface area contributed by atoms with Gasteiger partial charge in [-0.15, -0.1) is 0 Å². The quantitative estimate of drug-likeness (QED) is 0.854. The molecule has 1 aromatic carbocycles.